The first-order valence-corrected chi connectivity index (χ1v) is 9.42. The van der Waals surface area contributed by atoms with Crippen LogP contribution in [0.25, 0.3) is 0 Å². The molecule has 2 saturated heterocycles. The summed E-state index contributed by atoms with van der Waals surface area (Å²) < 4.78 is 12.3. The minimum Gasteiger partial charge on any atom is -0.491 e. The first-order chi connectivity index (χ1) is 11.7. The Labute approximate surface area is 148 Å². The molecular formula is C19H24ClNO3. The van der Waals surface area contributed by atoms with Gasteiger partial charge in [-0.25, -0.2) is 0 Å². The molecule has 2 heterocycles. The second kappa shape index (κ2) is 6.57. The van der Waals surface area contributed by atoms with Crippen LogP contribution in [0, 0.1) is 5.92 Å². The third-order valence-corrected chi connectivity index (χ3v) is 5.96. The van der Waals surface area contributed by atoms with Gasteiger partial charge in [0.25, 0.3) is 0 Å². The molecule has 0 unspecified atom stereocenters. The van der Waals surface area contributed by atoms with Crippen molar-refractivity contribution in [3.63, 3.8) is 0 Å². The zero-order valence-corrected chi connectivity index (χ0v) is 14.6. The van der Waals surface area contributed by atoms with Crippen LogP contribution in [0.2, 0.25) is 5.02 Å². The summed E-state index contributed by atoms with van der Waals surface area (Å²) in [5, 5.41) is 0.696. The third-order valence-electron chi connectivity index (χ3n) is 5.70. The Morgan fingerprint density at radius 3 is 2.71 bits per heavy atom. The van der Waals surface area contributed by atoms with Crippen molar-refractivity contribution in [2.24, 2.45) is 5.92 Å². The summed E-state index contributed by atoms with van der Waals surface area (Å²) in [6.07, 6.45) is 7.59. The molecule has 3 aliphatic rings. The highest BCUT2D eigenvalue weighted by Gasteiger charge is 2.57. The molecule has 1 amide bonds. The van der Waals surface area contributed by atoms with Gasteiger partial charge >= 0.3 is 0 Å². The van der Waals surface area contributed by atoms with Gasteiger partial charge in [-0.2, -0.15) is 0 Å². The molecule has 1 aliphatic carbocycles. The summed E-state index contributed by atoms with van der Waals surface area (Å²) in [6, 6.07) is 7.36. The van der Waals surface area contributed by atoms with Gasteiger partial charge in [0.1, 0.15) is 24.2 Å². The van der Waals surface area contributed by atoms with Gasteiger partial charge in [0.2, 0.25) is 5.91 Å². The van der Waals surface area contributed by atoms with E-state index < -0.39 is 0 Å². The highest BCUT2D eigenvalue weighted by Crippen LogP contribution is 2.48. The van der Waals surface area contributed by atoms with Crippen LogP contribution in [-0.4, -0.2) is 35.8 Å². The maximum Gasteiger partial charge on any atom is 0.225 e. The zero-order chi connectivity index (χ0) is 16.6. The molecule has 1 aromatic rings. The fourth-order valence-electron chi connectivity index (χ4n) is 4.56. The SMILES string of the molecule is O=C1CC[C@]2(C3CCCCC3)O[C@H](COc3ccc(Cl)cc3)CN12. The molecule has 0 radical (unpaired) electrons. The molecule has 2 aliphatic heterocycles. The van der Waals surface area contributed by atoms with E-state index in [1.807, 2.05) is 29.2 Å². The fourth-order valence-corrected chi connectivity index (χ4v) is 4.68. The Balaban J connectivity index is 1.43. The Morgan fingerprint density at radius 1 is 1.21 bits per heavy atom. The number of hydrogen-bond donors (Lipinski definition) is 0. The van der Waals surface area contributed by atoms with Gasteiger partial charge in [-0.3, -0.25) is 4.79 Å². The van der Waals surface area contributed by atoms with Crippen molar-refractivity contribution in [1.82, 2.24) is 4.90 Å². The molecule has 0 spiro atoms. The Kier molecular flexibility index (Phi) is 4.44. The summed E-state index contributed by atoms with van der Waals surface area (Å²) in [5.74, 6) is 1.51. The van der Waals surface area contributed by atoms with Crippen LogP contribution >= 0.6 is 11.6 Å². The molecule has 0 aromatic heterocycles. The molecule has 4 nitrogen and oxygen atoms in total. The van der Waals surface area contributed by atoms with E-state index in [4.69, 9.17) is 21.1 Å². The average Bonchev–Trinajstić information content (AvgIpc) is 3.13. The van der Waals surface area contributed by atoms with Crippen molar-refractivity contribution in [2.45, 2.75) is 56.8 Å². The summed E-state index contributed by atoms with van der Waals surface area (Å²) in [7, 11) is 0. The molecule has 0 N–H and O–H groups in total. The van der Waals surface area contributed by atoms with E-state index in [2.05, 4.69) is 0 Å². The molecule has 5 heteroatoms. The van der Waals surface area contributed by atoms with Crippen molar-refractivity contribution in [2.75, 3.05) is 13.2 Å². The largest absolute Gasteiger partial charge is 0.491 e. The van der Waals surface area contributed by atoms with Crippen LogP contribution in [0.5, 0.6) is 5.75 Å². The van der Waals surface area contributed by atoms with E-state index in [9.17, 15) is 4.79 Å². The summed E-state index contributed by atoms with van der Waals surface area (Å²) >= 11 is 5.90. The number of amides is 1. The number of hydrogen-bond acceptors (Lipinski definition) is 3. The van der Waals surface area contributed by atoms with Gasteiger partial charge in [-0.15, -0.1) is 0 Å². The number of nitrogens with zero attached hydrogens (tertiary/aromatic N) is 1. The van der Waals surface area contributed by atoms with Gasteiger partial charge in [-0.1, -0.05) is 30.9 Å². The lowest BCUT2D eigenvalue weighted by Crippen LogP contribution is -2.48. The predicted octanol–water partition coefficient (Wildman–Crippen LogP) is 4.02. The van der Waals surface area contributed by atoms with Crippen LogP contribution in [0.4, 0.5) is 0 Å². The molecule has 3 fully saturated rings. The lowest BCUT2D eigenvalue weighted by atomic mass is 9.80. The molecule has 130 valence electrons. The van der Waals surface area contributed by atoms with Crippen LogP contribution in [0.15, 0.2) is 24.3 Å². The summed E-state index contributed by atoms with van der Waals surface area (Å²) in [6.45, 7) is 1.13. The number of fused-ring (bicyclic) bond motifs is 1. The van der Waals surface area contributed by atoms with Crippen molar-refractivity contribution in [1.29, 1.82) is 0 Å². The Bertz CT molecular complexity index is 599. The number of ether oxygens (including phenoxy) is 2. The predicted molar refractivity (Wildman–Crippen MR) is 92.1 cm³/mol. The van der Waals surface area contributed by atoms with Crippen LogP contribution < -0.4 is 4.74 Å². The summed E-state index contributed by atoms with van der Waals surface area (Å²) in [5.41, 5.74) is -0.356. The first kappa shape index (κ1) is 16.2. The van der Waals surface area contributed by atoms with E-state index >= 15 is 0 Å². The second-order valence-electron chi connectivity index (χ2n) is 7.19. The number of carbonyl (C=O) groups excluding carboxylic acids is 1. The zero-order valence-electron chi connectivity index (χ0n) is 13.9. The van der Waals surface area contributed by atoms with Gasteiger partial charge in [0, 0.05) is 23.8 Å². The number of carbonyl (C=O) groups is 1. The average molecular weight is 350 g/mol. The van der Waals surface area contributed by atoms with Gasteiger partial charge < -0.3 is 14.4 Å². The quantitative estimate of drug-likeness (QED) is 0.824. The highest BCUT2D eigenvalue weighted by atomic mass is 35.5. The van der Waals surface area contributed by atoms with Crippen molar-refractivity contribution < 1.29 is 14.3 Å². The molecule has 4 rings (SSSR count). The van der Waals surface area contributed by atoms with Crippen LogP contribution in [0.3, 0.4) is 0 Å². The topological polar surface area (TPSA) is 38.8 Å². The lowest BCUT2D eigenvalue weighted by molar-refractivity contribution is -0.155. The monoisotopic (exact) mass is 349 g/mol. The normalized spacial score (nSPS) is 30.6. The number of rotatable bonds is 4. The van der Waals surface area contributed by atoms with Gasteiger partial charge in [-0.05, 0) is 37.1 Å². The molecular weight excluding hydrogens is 326 g/mol. The molecule has 24 heavy (non-hydrogen) atoms. The van der Waals surface area contributed by atoms with Gasteiger partial charge in [0.15, 0.2) is 0 Å². The fraction of sp³-hybridized carbons (Fsp3) is 0.632. The van der Waals surface area contributed by atoms with E-state index in [1.165, 1.54) is 32.1 Å². The van der Waals surface area contributed by atoms with E-state index in [0.717, 1.165) is 12.2 Å². The molecule has 1 aromatic carbocycles. The highest BCUT2D eigenvalue weighted by molar-refractivity contribution is 6.30. The molecule has 2 atom stereocenters. The minimum absolute atomic E-state index is 0.0492. The summed E-state index contributed by atoms with van der Waals surface area (Å²) in [4.78, 5) is 14.4. The van der Waals surface area contributed by atoms with Crippen LogP contribution in [0.1, 0.15) is 44.9 Å². The van der Waals surface area contributed by atoms with E-state index in [1.54, 1.807) is 0 Å². The molecule has 1 saturated carbocycles. The number of benzene rings is 1. The van der Waals surface area contributed by atoms with E-state index in [-0.39, 0.29) is 17.7 Å². The van der Waals surface area contributed by atoms with E-state index in [0.29, 0.717) is 30.5 Å². The van der Waals surface area contributed by atoms with Crippen molar-refractivity contribution in [3.8, 4) is 5.75 Å². The number of halogens is 1. The maximum absolute atomic E-state index is 12.4. The van der Waals surface area contributed by atoms with Crippen LogP contribution in [-0.2, 0) is 9.53 Å². The van der Waals surface area contributed by atoms with Gasteiger partial charge in [0.05, 0.1) is 6.54 Å². The van der Waals surface area contributed by atoms with Crippen molar-refractivity contribution >= 4 is 17.5 Å². The lowest BCUT2D eigenvalue weighted by Gasteiger charge is -2.40. The molecule has 0 bridgehead atoms. The smallest absolute Gasteiger partial charge is 0.225 e. The standard InChI is InChI=1S/C19H24ClNO3/c20-15-6-8-16(9-7-15)23-13-17-12-21-18(22)10-11-19(21,24-17)14-4-2-1-3-5-14/h6-9,14,17H,1-5,10-13H2/t17-,19+/m0/s1. The Hall–Kier alpha value is -1.26. The maximum atomic E-state index is 12.4. The Morgan fingerprint density at radius 2 is 1.96 bits per heavy atom. The minimum atomic E-state index is -0.356. The first-order valence-electron chi connectivity index (χ1n) is 9.04. The third kappa shape index (κ3) is 2.91. The second-order valence-corrected chi connectivity index (χ2v) is 7.63. The van der Waals surface area contributed by atoms with Crippen molar-refractivity contribution in [3.05, 3.63) is 29.3 Å².